The third-order valence-corrected chi connectivity index (χ3v) is 4.90. The lowest BCUT2D eigenvalue weighted by atomic mass is 9.78. The number of aliphatic hydroxyl groups is 1. The van der Waals surface area contributed by atoms with Crippen molar-refractivity contribution in [1.29, 1.82) is 0 Å². The fourth-order valence-electron chi connectivity index (χ4n) is 3.41. The lowest BCUT2D eigenvalue weighted by Crippen LogP contribution is -2.46. The smallest absolute Gasteiger partial charge is 0.0771 e. The highest BCUT2D eigenvalue weighted by atomic mass is 16.3. The van der Waals surface area contributed by atoms with Gasteiger partial charge in [0.2, 0.25) is 0 Å². The Balaban J connectivity index is 1.63. The van der Waals surface area contributed by atoms with E-state index in [-0.39, 0.29) is 0 Å². The van der Waals surface area contributed by atoms with Gasteiger partial charge in [0, 0.05) is 6.54 Å². The predicted octanol–water partition coefficient (Wildman–Crippen LogP) is 1.91. The molecule has 3 heteroatoms. The summed E-state index contributed by atoms with van der Waals surface area (Å²) in [4.78, 5) is 0. The molecule has 1 saturated carbocycles. The molecule has 1 atom stereocenters. The van der Waals surface area contributed by atoms with Gasteiger partial charge < -0.3 is 15.7 Å². The molecule has 3 nitrogen and oxygen atoms in total. The van der Waals surface area contributed by atoms with Gasteiger partial charge in [-0.2, -0.15) is 0 Å². The minimum atomic E-state index is -0.423. The van der Waals surface area contributed by atoms with Crippen molar-refractivity contribution in [2.75, 3.05) is 26.2 Å². The van der Waals surface area contributed by atoms with Crippen LogP contribution >= 0.6 is 0 Å². The van der Waals surface area contributed by atoms with E-state index in [1.165, 1.54) is 38.6 Å². The molecule has 1 unspecified atom stereocenters. The molecule has 0 amide bonds. The van der Waals surface area contributed by atoms with E-state index in [2.05, 4.69) is 17.6 Å². The molecule has 2 fully saturated rings. The summed E-state index contributed by atoms with van der Waals surface area (Å²) >= 11 is 0. The summed E-state index contributed by atoms with van der Waals surface area (Å²) in [5.74, 6) is 1.61. The van der Waals surface area contributed by atoms with E-state index >= 15 is 0 Å². The monoisotopic (exact) mass is 254 g/mol. The maximum Gasteiger partial charge on any atom is 0.0771 e. The second-order valence-corrected chi connectivity index (χ2v) is 6.42. The van der Waals surface area contributed by atoms with Gasteiger partial charge in [0.15, 0.2) is 0 Å². The largest absolute Gasteiger partial charge is 0.389 e. The molecule has 1 saturated heterocycles. The summed E-state index contributed by atoms with van der Waals surface area (Å²) in [6.45, 7) is 6.44. The normalized spacial score (nSPS) is 37.7. The van der Waals surface area contributed by atoms with Crippen LogP contribution in [0.2, 0.25) is 0 Å². The first kappa shape index (κ1) is 14.3. The lowest BCUT2D eigenvalue weighted by Gasteiger charge is -2.36. The van der Waals surface area contributed by atoms with E-state index in [0.717, 1.165) is 44.3 Å². The van der Waals surface area contributed by atoms with Crippen LogP contribution in [0.1, 0.15) is 51.9 Å². The third kappa shape index (κ3) is 4.22. The molecular formula is C15H30N2O. The first-order valence-electron chi connectivity index (χ1n) is 7.86. The van der Waals surface area contributed by atoms with Crippen LogP contribution < -0.4 is 10.6 Å². The molecule has 0 radical (unpaired) electrons. The first-order chi connectivity index (χ1) is 8.72. The number of hydrogen-bond acceptors (Lipinski definition) is 3. The summed E-state index contributed by atoms with van der Waals surface area (Å²) in [6.07, 6.45) is 8.30. The van der Waals surface area contributed by atoms with Gasteiger partial charge in [-0.1, -0.05) is 13.3 Å². The van der Waals surface area contributed by atoms with Gasteiger partial charge in [-0.05, 0) is 70.0 Å². The molecule has 1 aliphatic carbocycles. The van der Waals surface area contributed by atoms with Crippen LogP contribution in [-0.2, 0) is 0 Å². The average Bonchev–Trinajstić information content (AvgIpc) is 2.41. The Morgan fingerprint density at radius 2 is 2.00 bits per heavy atom. The van der Waals surface area contributed by atoms with Gasteiger partial charge in [-0.3, -0.25) is 0 Å². The van der Waals surface area contributed by atoms with Crippen LogP contribution in [0.3, 0.4) is 0 Å². The van der Waals surface area contributed by atoms with Gasteiger partial charge in [0.25, 0.3) is 0 Å². The van der Waals surface area contributed by atoms with Crippen molar-refractivity contribution in [2.45, 2.75) is 57.5 Å². The van der Waals surface area contributed by atoms with Gasteiger partial charge in [-0.15, -0.1) is 0 Å². The molecule has 1 aliphatic heterocycles. The minimum absolute atomic E-state index is 0.423. The summed E-state index contributed by atoms with van der Waals surface area (Å²) in [7, 11) is 0. The molecule has 0 spiro atoms. The van der Waals surface area contributed by atoms with E-state index in [1.54, 1.807) is 0 Å². The molecule has 106 valence electrons. The highest BCUT2D eigenvalue weighted by molar-refractivity contribution is 4.87. The Labute approximate surface area is 112 Å². The van der Waals surface area contributed by atoms with E-state index in [9.17, 15) is 5.11 Å². The van der Waals surface area contributed by atoms with Crippen LogP contribution in [-0.4, -0.2) is 36.9 Å². The Kier molecular flexibility index (Phi) is 5.46. The molecule has 18 heavy (non-hydrogen) atoms. The molecule has 3 N–H and O–H groups in total. The van der Waals surface area contributed by atoms with Gasteiger partial charge in [-0.25, -0.2) is 0 Å². The number of piperidine rings is 1. The standard InChI is InChI=1S/C15H30N2O/c1-2-13-5-7-15(18,8-6-13)12-17-11-14-4-3-9-16-10-14/h13-14,16-18H,2-12H2,1H3. The fraction of sp³-hybridized carbons (Fsp3) is 1.00. The van der Waals surface area contributed by atoms with Crippen LogP contribution in [0.4, 0.5) is 0 Å². The zero-order chi connectivity index (χ0) is 12.8. The molecule has 0 aromatic rings. The summed E-state index contributed by atoms with van der Waals surface area (Å²) in [5, 5.41) is 17.5. The zero-order valence-electron chi connectivity index (χ0n) is 11.9. The van der Waals surface area contributed by atoms with Crippen LogP contribution in [0.15, 0.2) is 0 Å². The summed E-state index contributed by atoms with van der Waals surface area (Å²) < 4.78 is 0. The van der Waals surface area contributed by atoms with E-state index < -0.39 is 5.60 Å². The van der Waals surface area contributed by atoms with Crippen molar-refractivity contribution in [1.82, 2.24) is 10.6 Å². The molecule has 0 aromatic heterocycles. The second kappa shape index (κ2) is 6.88. The maximum atomic E-state index is 10.5. The van der Waals surface area contributed by atoms with Crippen molar-refractivity contribution in [2.24, 2.45) is 11.8 Å². The number of nitrogens with one attached hydrogen (secondary N) is 2. The SMILES string of the molecule is CCC1CCC(O)(CNCC2CCCNC2)CC1. The van der Waals surface area contributed by atoms with Gasteiger partial charge in [0.05, 0.1) is 5.60 Å². The molecule has 2 rings (SSSR count). The lowest BCUT2D eigenvalue weighted by molar-refractivity contribution is -0.00924. The Morgan fingerprint density at radius 3 is 2.61 bits per heavy atom. The Bertz CT molecular complexity index is 231. The number of rotatable bonds is 5. The van der Waals surface area contributed by atoms with Crippen LogP contribution in [0, 0.1) is 11.8 Å². The average molecular weight is 254 g/mol. The Hall–Kier alpha value is -0.120. The molecule has 0 aromatic carbocycles. The minimum Gasteiger partial charge on any atom is -0.389 e. The quantitative estimate of drug-likeness (QED) is 0.702. The van der Waals surface area contributed by atoms with Crippen molar-refractivity contribution < 1.29 is 5.11 Å². The van der Waals surface area contributed by atoms with Gasteiger partial charge >= 0.3 is 0 Å². The third-order valence-electron chi connectivity index (χ3n) is 4.90. The summed E-state index contributed by atoms with van der Waals surface area (Å²) in [5.41, 5.74) is -0.423. The molecular weight excluding hydrogens is 224 g/mol. The number of hydrogen-bond donors (Lipinski definition) is 3. The van der Waals surface area contributed by atoms with E-state index in [1.807, 2.05) is 0 Å². The van der Waals surface area contributed by atoms with Crippen molar-refractivity contribution >= 4 is 0 Å². The van der Waals surface area contributed by atoms with Crippen LogP contribution in [0.25, 0.3) is 0 Å². The van der Waals surface area contributed by atoms with Crippen molar-refractivity contribution in [3.63, 3.8) is 0 Å². The fourth-order valence-corrected chi connectivity index (χ4v) is 3.41. The maximum absolute atomic E-state index is 10.5. The molecule has 0 bridgehead atoms. The van der Waals surface area contributed by atoms with E-state index in [0.29, 0.717) is 0 Å². The topological polar surface area (TPSA) is 44.3 Å². The highest BCUT2D eigenvalue weighted by Gasteiger charge is 2.32. The van der Waals surface area contributed by atoms with E-state index in [4.69, 9.17) is 0 Å². The highest BCUT2D eigenvalue weighted by Crippen LogP contribution is 2.33. The van der Waals surface area contributed by atoms with Crippen molar-refractivity contribution in [3.8, 4) is 0 Å². The summed E-state index contributed by atoms with van der Waals surface area (Å²) in [6, 6.07) is 0. The molecule has 1 heterocycles. The Morgan fingerprint density at radius 1 is 1.22 bits per heavy atom. The second-order valence-electron chi connectivity index (χ2n) is 6.42. The predicted molar refractivity (Wildman–Crippen MR) is 75.7 cm³/mol. The first-order valence-corrected chi connectivity index (χ1v) is 7.86. The van der Waals surface area contributed by atoms with Gasteiger partial charge in [0.1, 0.15) is 0 Å². The van der Waals surface area contributed by atoms with Crippen LogP contribution in [0.5, 0.6) is 0 Å². The van der Waals surface area contributed by atoms with Crippen molar-refractivity contribution in [3.05, 3.63) is 0 Å². The molecule has 2 aliphatic rings. The zero-order valence-corrected chi connectivity index (χ0v) is 11.9.